The van der Waals surface area contributed by atoms with Gasteiger partial charge in [-0.25, -0.2) is 0 Å². The molecule has 2 aliphatic rings. The number of piperazine rings is 1. The van der Waals surface area contributed by atoms with Gasteiger partial charge in [0, 0.05) is 32.7 Å². The van der Waals surface area contributed by atoms with Gasteiger partial charge in [-0.05, 0) is 57.8 Å². The number of rotatable bonds is 5. The zero-order valence-electron chi connectivity index (χ0n) is 13.3. The minimum absolute atomic E-state index is 0.850. The number of likely N-dealkylation sites (tertiary alicyclic amines) is 1. The van der Waals surface area contributed by atoms with Crippen molar-refractivity contribution in [3.63, 3.8) is 0 Å². The lowest BCUT2D eigenvalue weighted by molar-refractivity contribution is 0.104. The van der Waals surface area contributed by atoms with Crippen molar-refractivity contribution in [2.24, 2.45) is 11.8 Å². The molecule has 0 spiro atoms. The van der Waals surface area contributed by atoms with Gasteiger partial charge in [0.1, 0.15) is 0 Å². The molecule has 2 aliphatic heterocycles. The second-order valence-corrected chi connectivity index (χ2v) is 7.07. The lowest BCUT2D eigenvalue weighted by Gasteiger charge is -2.38. The fourth-order valence-electron chi connectivity index (χ4n) is 3.23. The highest BCUT2D eigenvalue weighted by Gasteiger charge is 2.22. The molecule has 0 bridgehead atoms. The standard InChI is InChI=1S/C16H33N3/c1-15(2)4-7-18-8-5-16(6-9-18)14-19-12-10-17(3)11-13-19/h15-16H,4-14H2,1-3H3. The molecule has 0 radical (unpaired) electrons. The van der Waals surface area contributed by atoms with Crippen LogP contribution in [-0.4, -0.2) is 74.1 Å². The summed E-state index contributed by atoms with van der Waals surface area (Å²) in [4.78, 5) is 7.82. The maximum absolute atomic E-state index is 2.69. The maximum Gasteiger partial charge on any atom is 0.0110 e. The smallest absolute Gasteiger partial charge is 0.0110 e. The van der Waals surface area contributed by atoms with Gasteiger partial charge >= 0.3 is 0 Å². The zero-order chi connectivity index (χ0) is 13.7. The van der Waals surface area contributed by atoms with Gasteiger partial charge in [0.25, 0.3) is 0 Å². The Morgan fingerprint density at radius 3 is 2.11 bits per heavy atom. The number of nitrogens with zero attached hydrogens (tertiary/aromatic N) is 3. The molecule has 0 aromatic carbocycles. The highest BCUT2D eigenvalue weighted by atomic mass is 15.2. The van der Waals surface area contributed by atoms with E-state index in [9.17, 15) is 0 Å². The highest BCUT2D eigenvalue weighted by Crippen LogP contribution is 2.19. The normalized spacial score (nSPS) is 25.3. The van der Waals surface area contributed by atoms with E-state index in [1.807, 2.05) is 0 Å². The summed E-state index contributed by atoms with van der Waals surface area (Å²) in [5.41, 5.74) is 0. The van der Waals surface area contributed by atoms with Gasteiger partial charge in [-0.1, -0.05) is 13.8 Å². The van der Waals surface area contributed by atoms with E-state index in [1.165, 1.54) is 71.6 Å². The fraction of sp³-hybridized carbons (Fsp3) is 1.00. The van der Waals surface area contributed by atoms with Gasteiger partial charge < -0.3 is 14.7 Å². The van der Waals surface area contributed by atoms with E-state index in [-0.39, 0.29) is 0 Å². The molecule has 0 saturated carbocycles. The first-order chi connectivity index (χ1) is 9.13. The third-order valence-electron chi connectivity index (χ3n) is 4.84. The molecular formula is C16H33N3. The van der Waals surface area contributed by atoms with E-state index in [4.69, 9.17) is 0 Å². The van der Waals surface area contributed by atoms with Crippen molar-refractivity contribution in [1.29, 1.82) is 0 Å². The van der Waals surface area contributed by atoms with E-state index in [1.54, 1.807) is 0 Å². The number of piperidine rings is 1. The third kappa shape index (κ3) is 5.41. The lowest BCUT2D eigenvalue weighted by atomic mass is 9.95. The van der Waals surface area contributed by atoms with Crippen LogP contribution >= 0.6 is 0 Å². The Morgan fingerprint density at radius 1 is 0.895 bits per heavy atom. The summed E-state index contributed by atoms with van der Waals surface area (Å²) in [6.07, 6.45) is 4.21. The highest BCUT2D eigenvalue weighted by molar-refractivity contribution is 4.77. The number of likely N-dealkylation sites (N-methyl/N-ethyl adjacent to an activating group) is 1. The van der Waals surface area contributed by atoms with Crippen LogP contribution in [0.25, 0.3) is 0 Å². The molecule has 0 unspecified atom stereocenters. The van der Waals surface area contributed by atoms with Crippen molar-refractivity contribution in [3.8, 4) is 0 Å². The largest absolute Gasteiger partial charge is 0.304 e. The molecule has 2 fully saturated rings. The molecule has 0 aromatic heterocycles. The first kappa shape index (κ1) is 15.3. The van der Waals surface area contributed by atoms with Crippen LogP contribution in [0.4, 0.5) is 0 Å². The van der Waals surface area contributed by atoms with Crippen molar-refractivity contribution in [3.05, 3.63) is 0 Å². The van der Waals surface area contributed by atoms with E-state index in [0.29, 0.717) is 0 Å². The van der Waals surface area contributed by atoms with Gasteiger partial charge in [-0.2, -0.15) is 0 Å². The van der Waals surface area contributed by atoms with Crippen molar-refractivity contribution >= 4 is 0 Å². The third-order valence-corrected chi connectivity index (χ3v) is 4.84. The second kappa shape index (κ2) is 7.61. The molecule has 3 nitrogen and oxygen atoms in total. The van der Waals surface area contributed by atoms with Crippen LogP contribution in [0.5, 0.6) is 0 Å². The molecule has 3 heteroatoms. The Balaban J connectivity index is 1.60. The molecule has 2 rings (SSSR count). The van der Waals surface area contributed by atoms with Crippen LogP contribution in [0, 0.1) is 11.8 Å². The average molecular weight is 267 g/mol. The van der Waals surface area contributed by atoms with Crippen LogP contribution in [0.1, 0.15) is 33.1 Å². The van der Waals surface area contributed by atoms with Gasteiger partial charge in [-0.15, -0.1) is 0 Å². The Hall–Kier alpha value is -0.120. The summed E-state index contributed by atoms with van der Waals surface area (Å²) in [6, 6.07) is 0. The monoisotopic (exact) mass is 267 g/mol. The molecule has 2 saturated heterocycles. The first-order valence-electron chi connectivity index (χ1n) is 8.26. The quantitative estimate of drug-likeness (QED) is 0.754. The van der Waals surface area contributed by atoms with Crippen LogP contribution in [0.3, 0.4) is 0 Å². The predicted octanol–water partition coefficient (Wildman–Crippen LogP) is 1.99. The molecule has 0 amide bonds. The van der Waals surface area contributed by atoms with Crippen LogP contribution in [0.15, 0.2) is 0 Å². The SMILES string of the molecule is CC(C)CCN1CCC(CN2CCN(C)CC2)CC1. The van der Waals surface area contributed by atoms with E-state index >= 15 is 0 Å². The number of hydrogen-bond donors (Lipinski definition) is 0. The van der Waals surface area contributed by atoms with Crippen molar-refractivity contribution in [1.82, 2.24) is 14.7 Å². The topological polar surface area (TPSA) is 9.72 Å². The van der Waals surface area contributed by atoms with E-state index < -0.39 is 0 Å². The Labute approximate surface area is 119 Å². The summed E-state index contributed by atoms with van der Waals surface area (Å²) in [6.45, 7) is 15.1. The van der Waals surface area contributed by atoms with E-state index in [0.717, 1.165) is 11.8 Å². The maximum atomic E-state index is 2.69. The van der Waals surface area contributed by atoms with Gasteiger partial charge in [0.2, 0.25) is 0 Å². The van der Waals surface area contributed by atoms with Crippen molar-refractivity contribution < 1.29 is 0 Å². The van der Waals surface area contributed by atoms with Crippen LogP contribution < -0.4 is 0 Å². The van der Waals surface area contributed by atoms with Gasteiger partial charge in [0.05, 0.1) is 0 Å². The minimum Gasteiger partial charge on any atom is -0.304 e. The summed E-state index contributed by atoms with van der Waals surface area (Å²) in [5, 5.41) is 0. The van der Waals surface area contributed by atoms with Gasteiger partial charge in [0.15, 0.2) is 0 Å². The molecule has 0 atom stereocenters. The van der Waals surface area contributed by atoms with Gasteiger partial charge in [-0.3, -0.25) is 0 Å². The molecule has 0 aliphatic carbocycles. The fourth-order valence-corrected chi connectivity index (χ4v) is 3.23. The molecule has 0 aromatic rings. The van der Waals surface area contributed by atoms with Crippen molar-refractivity contribution in [2.45, 2.75) is 33.1 Å². The summed E-state index contributed by atoms with van der Waals surface area (Å²) < 4.78 is 0. The summed E-state index contributed by atoms with van der Waals surface area (Å²) >= 11 is 0. The number of hydrogen-bond acceptors (Lipinski definition) is 3. The molecular weight excluding hydrogens is 234 g/mol. The molecule has 0 N–H and O–H groups in total. The average Bonchev–Trinajstić information content (AvgIpc) is 2.40. The molecule has 19 heavy (non-hydrogen) atoms. The van der Waals surface area contributed by atoms with Crippen LogP contribution in [-0.2, 0) is 0 Å². The van der Waals surface area contributed by atoms with E-state index in [2.05, 4.69) is 35.6 Å². The Bertz CT molecular complexity index is 238. The first-order valence-corrected chi connectivity index (χ1v) is 8.26. The predicted molar refractivity (Wildman–Crippen MR) is 82.6 cm³/mol. The summed E-state index contributed by atoms with van der Waals surface area (Å²) in [5.74, 6) is 1.81. The van der Waals surface area contributed by atoms with Crippen LogP contribution in [0.2, 0.25) is 0 Å². The Morgan fingerprint density at radius 2 is 1.53 bits per heavy atom. The summed E-state index contributed by atoms with van der Waals surface area (Å²) in [7, 11) is 2.24. The second-order valence-electron chi connectivity index (χ2n) is 7.07. The lowest BCUT2D eigenvalue weighted by Crippen LogP contribution is -2.47. The Kier molecular flexibility index (Phi) is 6.11. The minimum atomic E-state index is 0.850. The molecule has 112 valence electrons. The van der Waals surface area contributed by atoms with Crippen molar-refractivity contribution in [2.75, 3.05) is 59.4 Å². The zero-order valence-corrected chi connectivity index (χ0v) is 13.3. The molecule has 2 heterocycles.